The molecule has 1 aromatic rings. The third-order valence-electron chi connectivity index (χ3n) is 4.25. The Labute approximate surface area is 143 Å². The van der Waals surface area contributed by atoms with Crippen LogP contribution in [-0.2, 0) is 20.7 Å². The summed E-state index contributed by atoms with van der Waals surface area (Å²) in [6.07, 6.45) is 2.64. The lowest BCUT2D eigenvalue weighted by Crippen LogP contribution is -2.39. The molecule has 1 saturated heterocycles. The molecular formula is C17H25ClN2O3. The Kier molecular flexibility index (Phi) is 8.06. The van der Waals surface area contributed by atoms with Crippen molar-refractivity contribution in [1.82, 2.24) is 4.90 Å². The number of amides is 1. The first-order valence-corrected chi connectivity index (χ1v) is 7.77. The molecule has 1 aromatic carbocycles. The fourth-order valence-electron chi connectivity index (χ4n) is 3.04. The minimum Gasteiger partial charge on any atom is -0.469 e. The number of hydrogen-bond acceptors (Lipinski definition) is 4. The van der Waals surface area contributed by atoms with Gasteiger partial charge in [-0.3, -0.25) is 9.59 Å². The van der Waals surface area contributed by atoms with Crippen molar-refractivity contribution in [2.75, 3.05) is 20.2 Å². The molecule has 0 saturated carbocycles. The molecule has 6 heteroatoms. The third kappa shape index (κ3) is 5.22. The van der Waals surface area contributed by atoms with E-state index in [4.69, 9.17) is 5.73 Å². The number of nitrogens with zero attached hydrogens (tertiary/aromatic N) is 1. The molecule has 2 rings (SSSR count). The highest BCUT2D eigenvalue weighted by molar-refractivity contribution is 5.86. The summed E-state index contributed by atoms with van der Waals surface area (Å²) in [7, 11) is 1.35. The van der Waals surface area contributed by atoms with Crippen LogP contribution in [0.1, 0.15) is 24.8 Å². The summed E-state index contributed by atoms with van der Waals surface area (Å²) in [4.78, 5) is 25.7. The first kappa shape index (κ1) is 19.5. The predicted molar refractivity (Wildman–Crippen MR) is 91.3 cm³/mol. The molecule has 1 fully saturated rings. The zero-order chi connectivity index (χ0) is 15.9. The molecule has 0 aliphatic carbocycles. The Bertz CT molecular complexity index is 510. The molecule has 23 heavy (non-hydrogen) atoms. The van der Waals surface area contributed by atoms with E-state index in [1.807, 2.05) is 23.1 Å². The topological polar surface area (TPSA) is 72.6 Å². The van der Waals surface area contributed by atoms with Gasteiger partial charge in [0.2, 0.25) is 5.91 Å². The van der Waals surface area contributed by atoms with Crippen LogP contribution in [0.2, 0.25) is 0 Å². The summed E-state index contributed by atoms with van der Waals surface area (Å²) in [6.45, 7) is 1.13. The van der Waals surface area contributed by atoms with Crippen LogP contribution in [0, 0.1) is 5.92 Å². The zero-order valence-electron chi connectivity index (χ0n) is 13.4. The number of rotatable bonds is 7. The monoisotopic (exact) mass is 340 g/mol. The molecule has 1 amide bonds. The molecule has 1 aliphatic rings. The van der Waals surface area contributed by atoms with Gasteiger partial charge in [0.25, 0.3) is 0 Å². The molecule has 1 aliphatic heterocycles. The van der Waals surface area contributed by atoms with E-state index in [1.54, 1.807) is 0 Å². The van der Waals surface area contributed by atoms with E-state index in [0.717, 1.165) is 12.8 Å². The van der Waals surface area contributed by atoms with Crippen molar-refractivity contribution in [2.45, 2.75) is 31.7 Å². The summed E-state index contributed by atoms with van der Waals surface area (Å²) in [5.74, 6) is -0.577. The summed E-state index contributed by atoms with van der Waals surface area (Å²) in [6, 6.07) is 10.3. The van der Waals surface area contributed by atoms with E-state index in [2.05, 4.69) is 16.9 Å². The third-order valence-corrected chi connectivity index (χ3v) is 4.25. The first-order valence-electron chi connectivity index (χ1n) is 7.77. The minimum atomic E-state index is -0.333. The molecule has 1 heterocycles. The number of aryl methyl sites for hydroxylation is 1. The maximum Gasteiger partial charge on any atom is 0.306 e. The van der Waals surface area contributed by atoms with E-state index in [1.165, 1.54) is 12.7 Å². The van der Waals surface area contributed by atoms with Gasteiger partial charge in [0, 0.05) is 19.1 Å². The molecule has 0 spiro atoms. The number of ether oxygens (including phenoxy) is 1. The fourth-order valence-corrected chi connectivity index (χ4v) is 3.04. The van der Waals surface area contributed by atoms with Crippen LogP contribution in [0.4, 0.5) is 0 Å². The molecule has 0 radical (unpaired) electrons. The van der Waals surface area contributed by atoms with Gasteiger partial charge in [0.15, 0.2) is 0 Å². The second kappa shape index (κ2) is 9.53. The second-order valence-corrected chi connectivity index (χ2v) is 5.72. The lowest BCUT2D eigenvalue weighted by atomic mass is 10.0. The van der Waals surface area contributed by atoms with Crippen molar-refractivity contribution >= 4 is 24.3 Å². The molecule has 5 nitrogen and oxygen atoms in total. The number of methoxy groups -OCH3 is 1. The van der Waals surface area contributed by atoms with Gasteiger partial charge in [-0.15, -0.1) is 12.4 Å². The number of hydrogen-bond donors (Lipinski definition) is 1. The van der Waals surface area contributed by atoms with Gasteiger partial charge in [-0.1, -0.05) is 30.3 Å². The highest BCUT2D eigenvalue weighted by atomic mass is 35.5. The van der Waals surface area contributed by atoms with Gasteiger partial charge in [-0.2, -0.15) is 0 Å². The van der Waals surface area contributed by atoms with Gasteiger partial charge in [0.1, 0.15) is 0 Å². The lowest BCUT2D eigenvalue weighted by Gasteiger charge is -2.23. The Balaban J connectivity index is 0.00000264. The van der Waals surface area contributed by atoms with Crippen LogP contribution in [0.3, 0.4) is 0 Å². The lowest BCUT2D eigenvalue weighted by molar-refractivity contribution is -0.144. The van der Waals surface area contributed by atoms with Crippen LogP contribution in [0.5, 0.6) is 0 Å². The minimum absolute atomic E-state index is 0. The molecule has 128 valence electrons. The number of carbonyl (C=O) groups is 2. The average Bonchev–Trinajstić information content (AvgIpc) is 2.84. The SMILES string of the molecule is COC(=O)C[C@@H]1C[C@@H](CN)N(CCCc2ccccc2)C1=O.Cl. The Hall–Kier alpha value is -1.59. The standard InChI is InChI=1S/C17H24N2O3.ClH/c1-22-16(20)11-14-10-15(12-18)19(17(14)21)9-5-8-13-6-3-2-4-7-13;/h2-4,6-7,14-15H,5,8-12,18H2,1H3;1H/t14-,15-;/m0./s1. The maximum atomic E-state index is 12.4. The molecule has 0 unspecified atom stereocenters. The van der Waals surface area contributed by atoms with Gasteiger partial charge >= 0.3 is 5.97 Å². The van der Waals surface area contributed by atoms with Crippen LogP contribution in [0.25, 0.3) is 0 Å². The highest BCUT2D eigenvalue weighted by Crippen LogP contribution is 2.27. The van der Waals surface area contributed by atoms with Crippen LogP contribution < -0.4 is 5.73 Å². The van der Waals surface area contributed by atoms with E-state index < -0.39 is 0 Å². The van der Waals surface area contributed by atoms with Crippen molar-refractivity contribution in [2.24, 2.45) is 11.7 Å². The quantitative estimate of drug-likeness (QED) is 0.768. The predicted octanol–water partition coefficient (Wildman–Crippen LogP) is 1.78. The summed E-state index contributed by atoms with van der Waals surface area (Å²) < 4.78 is 4.66. The smallest absolute Gasteiger partial charge is 0.306 e. The van der Waals surface area contributed by atoms with E-state index in [0.29, 0.717) is 19.5 Å². The Morgan fingerprint density at radius 3 is 2.65 bits per heavy atom. The van der Waals surface area contributed by atoms with Crippen LogP contribution in [-0.4, -0.2) is 43.0 Å². The van der Waals surface area contributed by atoms with Crippen molar-refractivity contribution in [1.29, 1.82) is 0 Å². The average molecular weight is 341 g/mol. The van der Waals surface area contributed by atoms with Crippen molar-refractivity contribution in [3.63, 3.8) is 0 Å². The van der Waals surface area contributed by atoms with Gasteiger partial charge in [0.05, 0.1) is 19.4 Å². The zero-order valence-corrected chi connectivity index (χ0v) is 14.3. The van der Waals surface area contributed by atoms with Crippen molar-refractivity contribution in [3.05, 3.63) is 35.9 Å². The van der Waals surface area contributed by atoms with Crippen LogP contribution >= 0.6 is 12.4 Å². The number of halogens is 1. The maximum absolute atomic E-state index is 12.4. The van der Waals surface area contributed by atoms with Crippen molar-refractivity contribution in [3.8, 4) is 0 Å². The molecule has 0 bridgehead atoms. The molecule has 0 aromatic heterocycles. The number of nitrogens with two attached hydrogens (primary N) is 1. The van der Waals surface area contributed by atoms with E-state index in [9.17, 15) is 9.59 Å². The Morgan fingerprint density at radius 2 is 2.04 bits per heavy atom. The van der Waals surface area contributed by atoms with E-state index >= 15 is 0 Å². The summed E-state index contributed by atoms with van der Waals surface area (Å²) in [5.41, 5.74) is 7.05. The number of likely N-dealkylation sites (tertiary alicyclic amines) is 1. The highest BCUT2D eigenvalue weighted by Gasteiger charge is 2.39. The largest absolute Gasteiger partial charge is 0.469 e. The van der Waals surface area contributed by atoms with Gasteiger partial charge < -0.3 is 15.4 Å². The number of carbonyl (C=O) groups excluding carboxylic acids is 2. The fraction of sp³-hybridized carbons (Fsp3) is 0.529. The van der Waals surface area contributed by atoms with E-state index in [-0.39, 0.29) is 42.7 Å². The Morgan fingerprint density at radius 1 is 1.35 bits per heavy atom. The molecule has 2 atom stereocenters. The number of esters is 1. The van der Waals surface area contributed by atoms with Gasteiger partial charge in [-0.05, 0) is 24.8 Å². The summed E-state index contributed by atoms with van der Waals surface area (Å²) >= 11 is 0. The summed E-state index contributed by atoms with van der Waals surface area (Å²) in [5, 5.41) is 0. The normalized spacial score (nSPS) is 20.3. The second-order valence-electron chi connectivity index (χ2n) is 5.72. The molecule has 2 N–H and O–H groups in total. The first-order chi connectivity index (χ1) is 10.7. The molecular weight excluding hydrogens is 316 g/mol. The van der Waals surface area contributed by atoms with Gasteiger partial charge in [-0.25, -0.2) is 0 Å². The van der Waals surface area contributed by atoms with Crippen LogP contribution in [0.15, 0.2) is 30.3 Å². The number of benzene rings is 1. The van der Waals surface area contributed by atoms with Crippen molar-refractivity contribution < 1.29 is 14.3 Å².